The van der Waals surface area contributed by atoms with Gasteiger partial charge in [0, 0.05) is 0 Å². The number of carbonyl (C=O) groups excluding carboxylic acids is 1. The van der Waals surface area contributed by atoms with Crippen molar-refractivity contribution < 1.29 is 19.4 Å². The van der Waals surface area contributed by atoms with Crippen LogP contribution in [0.5, 0.6) is 0 Å². The number of rotatable bonds is 6. The van der Waals surface area contributed by atoms with Crippen molar-refractivity contribution in [3.63, 3.8) is 0 Å². The first-order chi connectivity index (χ1) is 10.6. The molecule has 0 atom stereocenters. The predicted octanol–water partition coefficient (Wildman–Crippen LogP) is 1.46. The molecule has 6 nitrogen and oxygen atoms in total. The summed E-state index contributed by atoms with van der Waals surface area (Å²) in [6.07, 6.45) is 1.85. The fraction of sp³-hybridized carbons (Fsp3) is 0.500. The lowest BCUT2D eigenvalue weighted by molar-refractivity contribution is -0.151. The quantitative estimate of drug-likeness (QED) is 0.832. The highest BCUT2D eigenvalue weighted by atomic mass is 16.6. The second-order valence-corrected chi connectivity index (χ2v) is 6.11. The zero-order valence-corrected chi connectivity index (χ0v) is 12.3. The molecule has 0 bridgehead atoms. The van der Waals surface area contributed by atoms with Gasteiger partial charge in [-0.1, -0.05) is 30.3 Å². The lowest BCUT2D eigenvalue weighted by Gasteiger charge is -2.46. The maximum atomic E-state index is 11.9. The number of ether oxygens (including phenoxy) is 1. The fourth-order valence-corrected chi connectivity index (χ4v) is 2.53. The largest absolute Gasteiger partial charge is 0.480 e. The van der Waals surface area contributed by atoms with E-state index in [-0.39, 0.29) is 19.7 Å². The summed E-state index contributed by atoms with van der Waals surface area (Å²) in [5.74, 6) is -0.310. The SMILES string of the molecule is O=C(OCc1ccccc1)N1CC(NCC2CC2)(C(=O)O)C1. The highest BCUT2D eigenvalue weighted by Crippen LogP contribution is 2.30. The molecule has 0 unspecified atom stereocenters. The van der Waals surface area contributed by atoms with Crippen molar-refractivity contribution in [2.24, 2.45) is 5.92 Å². The number of nitrogens with zero attached hydrogens (tertiary/aromatic N) is 1. The van der Waals surface area contributed by atoms with E-state index in [9.17, 15) is 14.7 Å². The molecule has 0 aromatic heterocycles. The van der Waals surface area contributed by atoms with Gasteiger partial charge >= 0.3 is 12.1 Å². The lowest BCUT2D eigenvalue weighted by atomic mass is 9.90. The third-order valence-corrected chi connectivity index (χ3v) is 4.22. The molecule has 1 saturated carbocycles. The normalized spacial score (nSPS) is 19.4. The number of carboxylic acid groups (broad SMARTS) is 1. The van der Waals surface area contributed by atoms with E-state index in [4.69, 9.17) is 4.74 Å². The van der Waals surface area contributed by atoms with Crippen molar-refractivity contribution >= 4 is 12.1 Å². The molecule has 0 radical (unpaired) electrons. The van der Waals surface area contributed by atoms with Crippen LogP contribution in [-0.2, 0) is 16.1 Å². The van der Waals surface area contributed by atoms with Crippen LogP contribution >= 0.6 is 0 Å². The molecule has 1 aromatic rings. The molecule has 1 heterocycles. The van der Waals surface area contributed by atoms with Crippen LogP contribution in [0.25, 0.3) is 0 Å². The van der Waals surface area contributed by atoms with Crippen molar-refractivity contribution in [1.29, 1.82) is 0 Å². The summed E-state index contributed by atoms with van der Waals surface area (Å²) < 4.78 is 5.21. The van der Waals surface area contributed by atoms with Crippen LogP contribution in [0.15, 0.2) is 30.3 Å². The van der Waals surface area contributed by atoms with Gasteiger partial charge in [-0.05, 0) is 30.9 Å². The molecule has 1 aromatic carbocycles. The molecule has 6 heteroatoms. The first-order valence-electron chi connectivity index (χ1n) is 7.53. The van der Waals surface area contributed by atoms with Crippen molar-refractivity contribution in [2.75, 3.05) is 19.6 Å². The zero-order chi connectivity index (χ0) is 15.6. The molecule has 2 N–H and O–H groups in total. The second kappa shape index (κ2) is 5.96. The monoisotopic (exact) mass is 304 g/mol. The molecule has 1 saturated heterocycles. The molecular formula is C16H20N2O4. The van der Waals surface area contributed by atoms with Gasteiger partial charge in [0.25, 0.3) is 0 Å². The number of hydrogen-bond donors (Lipinski definition) is 2. The minimum atomic E-state index is -1.01. The zero-order valence-electron chi connectivity index (χ0n) is 12.3. The molecule has 22 heavy (non-hydrogen) atoms. The molecule has 0 spiro atoms. The molecular weight excluding hydrogens is 284 g/mol. The van der Waals surface area contributed by atoms with Gasteiger partial charge in [0.05, 0.1) is 13.1 Å². The first kappa shape index (κ1) is 14.8. The van der Waals surface area contributed by atoms with Gasteiger partial charge in [-0.3, -0.25) is 10.1 Å². The number of carbonyl (C=O) groups is 2. The van der Waals surface area contributed by atoms with Crippen molar-refractivity contribution in [2.45, 2.75) is 25.0 Å². The van der Waals surface area contributed by atoms with Gasteiger partial charge in [-0.15, -0.1) is 0 Å². The van der Waals surface area contributed by atoms with Gasteiger partial charge in [-0.2, -0.15) is 0 Å². The van der Waals surface area contributed by atoms with Crippen LogP contribution in [0.3, 0.4) is 0 Å². The number of amides is 1. The first-order valence-corrected chi connectivity index (χ1v) is 7.53. The second-order valence-electron chi connectivity index (χ2n) is 6.11. The average Bonchev–Trinajstić information content (AvgIpc) is 3.29. The average molecular weight is 304 g/mol. The molecule has 1 aliphatic heterocycles. The summed E-state index contributed by atoms with van der Waals surface area (Å²) in [5, 5.41) is 12.5. The summed E-state index contributed by atoms with van der Waals surface area (Å²) in [6, 6.07) is 9.41. The van der Waals surface area contributed by atoms with E-state index >= 15 is 0 Å². The number of aliphatic carboxylic acids is 1. The molecule has 3 rings (SSSR count). The topological polar surface area (TPSA) is 78.9 Å². The summed E-state index contributed by atoms with van der Waals surface area (Å²) in [5.41, 5.74) is -0.0957. The highest BCUT2D eigenvalue weighted by molar-refractivity contribution is 5.84. The number of carboxylic acids is 1. The Morgan fingerprint density at radius 2 is 1.95 bits per heavy atom. The fourth-order valence-electron chi connectivity index (χ4n) is 2.53. The molecule has 1 amide bonds. The Hall–Kier alpha value is -2.08. The van der Waals surface area contributed by atoms with Crippen molar-refractivity contribution in [3.8, 4) is 0 Å². The molecule has 1 aliphatic carbocycles. The third-order valence-electron chi connectivity index (χ3n) is 4.22. The van der Waals surface area contributed by atoms with Crippen molar-refractivity contribution in [1.82, 2.24) is 10.2 Å². The molecule has 118 valence electrons. The Morgan fingerprint density at radius 3 is 2.55 bits per heavy atom. The van der Waals surface area contributed by atoms with E-state index in [0.717, 1.165) is 18.4 Å². The van der Waals surface area contributed by atoms with E-state index in [0.29, 0.717) is 12.5 Å². The van der Waals surface area contributed by atoms with Crippen molar-refractivity contribution in [3.05, 3.63) is 35.9 Å². The van der Waals surface area contributed by atoms with E-state index in [2.05, 4.69) is 5.32 Å². The summed E-state index contributed by atoms with van der Waals surface area (Å²) in [7, 11) is 0. The predicted molar refractivity (Wildman–Crippen MR) is 79.3 cm³/mol. The lowest BCUT2D eigenvalue weighted by Crippen LogP contribution is -2.74. The van der Waals surface area contributed by atoms with E-state index in [1.165, 1.54) is 4.90 Å². The molecule has 2 aliphatic rings. The number of nitrogens with one attached hydrogen (secondary N) is 1. The van der Waals surface area contributed by atoms with Crippen LogP contribution in [-0.4, -0.2) is 47.2 Å². The van der Waals surface area contributed by atoms with Crippen LogP contribution in [0.1, 0.15) is 18.4 Å². The summed E-state index contributed by atoms with van der Waals surface area (Å²) in [4.78, 5) is 24.8. The van der Waals surface area contributed by atoms with E-state index in [1.807, 2.05) is 30.3 Å². The summed E-state index contributed by atoms with van der Waals surface area (Å²) in [6.45, 7) is 1.22. The van der Waals surface area contributed by atoms with Gasteiger partial charge < -0.3 is 14.7 Å². The highest BCUT2D eigenvalue weighted by Gasteiger charge is 2.52. The molecule has 2 fully saturated rings. The summed E-state index contributed by atoms with van der Waals surface area (Å²) >= 11 is 0. The Morgan fingerprint density at radius 1 is 1.27 bits per heavy atom. The van der Waals surface area contributed by atoms with Crippen LogP contribution in [0, 0.1) is 5.92 Å². The standard InChI is InChI=1S/C16H20N2O4/c19-14(20)16(17-8-12-6-7-12)10-18(11-16)15(21)22-9-13-4-2-1-3-5-13/h1-5,12,17H,6-11H2,(H,19,20). The van der Waals surface area contributed by atoms with Crippen LogP contribution < -0.4 is 5.32 Å². The van der Waals surface area contributed by atoms with E-state index < -0.39 is 17.6 Å². The number of benzene rings is 1. The maximum absolute atomic E-state index is 11.9. The number of hydrogen-bond acceptors (Lipinski definition) is 4. The number of likely N-dealkylation sites (tertiary alicyclic amines) is 1. The minimum absolute atomic E-state index is 0.155. The van der Waals surface area contributed by atoms with E-state index in [1.54, 1.807) is 0 Å². The van der Waals surface area contributed by atoms with Gasteiger partial charge in [-0.25, -0.2) is 4.79 Å². The Balaban J connectivity index is 1.47. The third kappa shape index (κ3) is 3.22. The smallest absolute Gasteiger partial charge is 0.410 e. The van der Waals surface area contributed by atoms with Crippen LogP contribution in [0.4, 0.5) is 4.79 Å². The van der Waals surface area contributed by atoms with Gasteiger partial charge in [0.15, 0.2) is 5.54 Å². The minimum Gasteiger partial charge on any atom is -0.480 e. The van der Waals surface area contributed by atoms with Gasteiger partial charge in [0.2, 0.25) is 0 Å². The van der Waals surface area contributed by atoms with Gasteiger partial charge in [0.1, 0.15) is 6.61 Å². The Bertz CT molecular complexity index is 551. The Kier molecular flexibility index (Phi) is 4.02. The maximum Gasteiger partial charge on any atom is 0.410 e. The van der Waals surface area contributed by atoms with Crippen LogP contribution in [0.2, 0.25) is 0 Å². The Labute approximate surface area is 129 Å².